The van der Waals surface area contributed by atoms with Gasteiger partial charge < -0.3 is 13.9 Å². The Labute approximate surface area is 120 Å². The molecule has 0 spiro atoms. The summed E-state index contributed by atoms with van der Waals surface area (Å²) in [5.41, 5.74) is 1.40. The Hall–Kier alpha value is -2.90. The Bertz CT molecular complexity index is 693. The number of nitrogens with one attached hydrogen (secondary N) is 1. The van der Waals surface area contributed by atoms with Crippen LogP contribution in [-0.2, 0) is 9.47 Å². The molecule has 21 heavy (non-hydrogen) atoms. The van der Waals surface area contributed by atoms with Crippen LogP contribution in [-0.4, -0.2) is 37.4 Å². The molecule has 0 bridgehead atoms. The highest BCUT2D eigenvalue weighted by molar-refractivity contribution is 5.94. The molecule has 1 N–H and O–H groups in total. The first-order valence-electron chi connectivity index (χ1n) is 6.10. The topological polar surface area (TPSA) is 98.3 Å². The number of methoxy groups -OCH3 is 1. The highest BCUT2D eigenvalue weighted by atomic mass is 16.5. The van der Waals surface area contributed by atoms with Crippen LogP contribution >= 0.6 is 0 Å². The minimum Gasteiger partial charge on any atom is -0.467 e. The van der Waals surface area contributed by atoms with E-state index in [9.17, 15) is 4.79 Å². The van der Waals surface area contributed by atoms with E-state index in [1.807, 2.05) is 0 Å². The summed E-state index contributed by atoms with van der Waals surface area (Å²) in [7, 11) is 1.42. The number of hydrogen-bond donors (Lipinski definition) is 1. The standard InChI is InChI=1S/C13H14N4O4/c1-4-20-11(18)8-5-6-9-10(7-8)21-12(15-9)16-13(19-3)17-14-2/h5-7H,2,4H2,1,3H3,(H,15,16,17). The van der Waals surface area contributed by atoms with Gasteiger partial charge in [-0.3, -0.25) is 5.32 Å². The van der Waals surface area contributed by atoms with Crippen LogP contribution in [0.25, 0.3) is 11.1 Å². The summed E-state index contributed by atoms with van der Waals surface area (Å²) in [6.45, 7) is 5.27. The van der Waals surface area contributed by atoms with Crippen molar-refractivity contribution in [3.63, 3.8) is 0 Å². The van der Waals surface area contributed by atoms with Gasteiger partial charge in [-0.2, -0.15) is 10.1 Å². The Morgan fingerprint density at radius 1 is 1.52 bits per heavy atom. The summed E-state index contributed by atoms with van der Waals surface area (Å²) in [5.74, 6) is -0.416. The van der Waals surface area contributed by atoms with Gasteiger partial charge in [0.2, 0.25) is 0 Å². The van der Waals surface area contributed by atoms with E-state index in [4.69, 9.17) is 13.9 Å². The highest BCUT2D eigenvalue weighted by Gasteiger charge is 2.12. The van der Waals surface area contributed by atoms with Crippen LogP contribution < -0.4 is 5.32 Å². The maximum Gasteiger partial charge on any atom is 0.338 e. The average molecular weight is 290 g/mol. The van der Waals surface area contributed by atoms with Crippen molar-refractivity contribution in [2.24, 2.45) is 10.2 Å². The van der Waals surface area contributed by atoms with Crippen LogP contribution in [0, 0.1) is 0 Å². The Morgan fingerprint density at radius 2 is 2.33 bits per heavy atom. The van der Waals surface area contributed by atoms with Gasteiger partial charge in [0, 0.05) is 6.72 Å². The number of fused-ring (bicyclic) bond motifs is 1. The first-order chi connectivity index (χ1) is 10.2. The van der Waals surface area contributed by atoms with E-state index in [0.29, 0.717) is 23.3 Å². The van der Waals surface area contributed by atoms with Gasteiger partial charge in [-0.15, -0.1) is 0 Å². The molecule has 0 saturated carbocycles. The van der Waals surface area contributed by atoms with Gasteiger partial charge >= 0.3 is 18.0 Å². The molecule has 0 aliphatic rings. The number of carbonyl (C=O) groups is 1. The van der Waals surface area contributed by atoms with Gasteiger partial charge in [0.1, 0.15) is 5.52 Å². The molecule has 0 fully saturated rings. The summed E-state index contributed by atoms with van der Waals surface area (Å²) >= 11 is 0. The largest absolute Gasteiger partial charge is 0.467 e. The first kappa shape index (κ1) is 14.5. The minimum absolute atomic E-state index is 0.0853. The maximum absolute atomic E-state index is 11.6. The van der Waals surface area contributed by atoms with Crippen molar-refractivity contribution in [1.29, 1.82) is 0 Å². The van der Waals surface area contributed by atoms with E-state index in [0.717, 1.165) is 0 Å². The highest BCUT2D eigenvalue weighted by Crippen LogP contribution is 2.20. The average Bonchev–Trinajstić information content (AvgIpc) is 2.88. The summed E-state index contributed by atoms with van der Waals surface area (Å²) in [5, 5.41) is 9.63. The molecule has 8 heteroatoms. The lowest BCUT2D eigenvalue weighted by Gasteiger charge is -2.01. The summed E-state index contributed by atoms with van der Waals surface area (Å²) in [6.07, 6.45) is 0. The van der Waals surface area contributed by atoms with Crippen molar-refractivity contribution < 1.29 is 18.7 Å². The van der Waals surface area contributed by atoms with Crippen LogP contribution in [0.3, 0.4) is 0 Å². The lowest BCUT2D eigenvalue weighted by atomic mass is 10.2. The van der Waals surface area contributed by atoms with Crippen molar-refractivity contribution in [3.8, 4) is 0 Å². The summed E-state index contributed by atoms with van der Waals surface area (Å²) < 4.78 is 15.3. The Morgan fingerprint density at radius 3 is 3.00 bits per heavy atom. The lowest BCUT2D eigenvalue weighted by molar-refractivity contribution is 0.0526. The fourth-order valence-corrected chi connectivity index (χ4v) is 1.59. The smallest absolute Gasteiger partial charge is 0.338 e. The second kappa shape index (κ2) is 6.51. The number of nitrogens with zero attached hydrogens (tertiary/aromatic N) is 3. The fraction of sp³-hybridized carbons (Fsp3) is 0.231. The fourth-order valence-electron chi connectivity index (χ4n) is 1.59. The molecule has 1 aromatic heterocycles. The molecule has 1 aromatic carbocycles. The molecular formula is C13H14N4O4. The molecule has 8 nitrogen and oxygen atoms in total. The molecule has 0 radical (unpaired) electrons. The minimum atomic E-state index is -0.416. The Balaban J connectivity index is 2.27. The van der Waals surface area contributed by atoms with Crippen LogP contribution in [0.5, 0.6) is 0 Å². The SMILES string of the molecule is C=N/N=C(/Nc1nc2ccc(C(=O)OCC)cc2o1)OC. The van der Waals surface area contributed by atoms with E-state index in [2.05, 4.69) is 27.2 Å². The normalized spacial score (nSPS) is 11.2. The first-order valence-corrected chi connectivity index (χ1v) is 6.10. The molecule has 0 aliphatic carbocycles. The molecule has 0 atom stereocenters. The lowest BCUT2D eigenvalue weighted by Crippen LogP contribution is -2.13. The van der Waals surface area contributed by atoms with E-state index >= 15 is 0 Å². The van der Waals surface area contributed by atoms with E-state index in [1.165, 1.54) is 7.11 Å². The molecular weight excluding hydrogens is 276 g/mol. The van der Waals surface area contributed by atoms with Crippen molar-refractivity contribution in [3.05, 3.63) is 23.8 Å². The van der Waals surface area contributed by atoms with Crippen LogP contribution in [0.4, 0.5) is 6.01 Å². The number of aromatic nitrogens is 1. The number of carbonyl (C=O) groups excluding carboxylic acids is 1. The molecule has 110 valence electrons. The number of rotatable bonds is 4. The third kappa shape index (κ3) is 3.35. The van der Waals surface area contributed by atoms with Crippen molar-refractivity contribution in [2.75, 3.05) is 19.0 Å². The second-order valence-electron chi connectivity index (χ2n) is 3.80. The zero-order valence-corrected chi connectivity index (χ0v) is 11.6. The van der Waals surface area contributed by atoms with Gasteiger partial charge in [-0.25, -0.2) is 4.79 Å². The molecule has 2 rings (SSSR count). The third-order valence-electron chi connectivity index (χ3n) is 2.47. The number of hydrogen-bond acceptors (Lipinski definition) is 7. The molecule has 0 aliphatic heterocycles. The van der Waals surface area contributed by atoms with Gasteiger partial charge in [0.05, 0.1) is 19.3 Å². The van der Waals surface area contributed by atoms with Gasteiger partial charge in [-0.1, -0.05) is 5.10 Å². The molecule has 0 amide bonds. The van der Waals surface area contributed by atoms with Crippen molar-refractivity contribution >= 4 is 35.8 Å². The zero-order chi connectivity index (χ0) is 15.2. The maximum atomic E-state index is 11.6. The van der Waals surface area contributed by atoms with Crippen molar-refractivity contribution in [2.45, 2.75) is 6.92 Å². The summed E-state index contributed by atoms with van der Waals surface area (Å²) in [6, 6.07) is 5.08. The van der Waals surface area contributed by atoms with E-state index < -0.39 is 5.97 Å². The zero-order valence-electron chi connectivity index (χ0n) is 11.6. The van der Waals surface area contributed by atoms with Crippen molar-refractivity contribution in [1.82, 2.24) is 4.98 Å². The molecule has 1 heterocycles. The van der Waals surface area contributed by atoms with E-state index in [-0.39, 0.29) is 12.0 Å². The molecule has 2 aromatic rings. The quantitative estimate of drug-likeness (QED) is 0.400. The number of amidine groups is 1. The number of oxazole rings is 1. The Kier molecular flexibility index (Phi) is 4.50. The third-order valence-corrected chi connectivity index (χ3v) is 2.47. The summed E-state index contributed by atoms with van der Waals surface area (Å²) in [4.78, 5) is 15.8. The number of esters is 1. The number of anilines is 1. The molecule has 0 saturated heterocycles. The van der Waals surface area contributed by atoms with Crippen LogP contribution in [0.15, 0.2) is 32.8 Å². The van der Waals surface area contributed by atoms with Gasteiger partial charge in [-0.05, 0) is 25.1 Å². The predicted molar refractivity (Wildman–Crippen MR) is 77.6 cm³/mol. The van der Waals surface area contributed by atoms with Gasteiger partial charge in [0.15, 0.2) is 5.58 Å². The van der Waals surface area contributed by atoms with Crippen LogP contribution in [0.2, 0.25) is 0 Å². The van der Waals surface area contributed by atoms with Gasteiger partial charge in [0.25, 0.3) is 0 Å². The van der Waals surface area contributed by atoms with E-state index in [1.54, 1.807) is 25.1 Å². The predicted octanol–water partition coefficient (Wildman–Crippen LogP) is 2.03. The number of benzene rings is 1. The monoisotopic (exact) mass is 290 g/mol. The van der Waals surface area contributed by atoms with Crippen LogP contribution in [0.1, 0.15) is 17.3 Å². The second-order valence-corrected chi connectivity index (χ2v) is 3.80. The number of ether oxygens (including phenoxy) is 2. The molecule has 0 unspecified atom stereocenters.